The Labute approximate surface area is 147 Å². The summed E-state index contributed by atoms with van der Waals surface area (Å²) in [5.74, 6) is 1.19. The Morgan fingerprint density at radius 3 is 2.92 bits per heavy atom. The average Bonchev–Trinajstić information content (AvgIpc) is 3.33. The minimum absolute atomic E-state index is 0.105. The van der Waals surface area contributed by atoms with E-state index < -0.39 is 6.17 Å². The first-order valence-corrected chi connectivity index (χ1v) is 8.50. The smallest absolute Gasteiger partial charge is 0.262 e. The number of nitrogens with one attached hydrogen (secondary N) is 1. The van der Waals surface area contributed by atoms with Crippen LogP contribution in [0.5, 0.6) is 11.5 Å². The van der Waals surface area contributed by atoms with Gasteiger partial charge in [0.05, 0.1) is 11.3 Å². The van der Waals surface area contributed by atoms with E-state index in [1.54, 1.807) is 11.0 Å². The first-order valence-electron chi connectivity index (χ1n) is 7.67. The molecule has 0 saturated heterocycles. The van der Waals surface area contributed by atoms with E-state index in [1.165, 1.54) is 11.5 Å². The van der Waals surface area contributed by atoms with Crippen molar-refractivity contribution in [1.29, 1.82) is 0 Å². The van der Waals surface area contributed by atoms with Crippen LogP contribution in [0.1, 0.15) is 22.2 Å². The van der Waals surface area contributed by atoms with Crippen LogP contribution in [0.4, 0.5) is 11.4 Å². The van der Waals surface area contributed by atoms with Crippen LogP contribution >= 0.6 is 11.5 Å². The van der Waals surface area contributed by atoms with Crippen molar-refractivity contribution in [3.8, 4) is 11.5 Å². The standard InChI is InChI=1S/C17H12N4O3S/c22-17-11-3-1-2-4-12(11)18-16(13-8-25-20-19-13)21(17)10-5-6-14-15(7-10)24-9-23-14/h1-8,16,18H,9H2/t16-/m0/s1. The molecule has 5 rings (SSSR count). The van der Waals surface area contributed by atoms with Gasteiger partial charge in [-0.3, -0.25) is 9.69 Å². The van der Waals surface area contributed by atoms with Crippen LogP contribution in [0.25, 0.3) is 0 Å². The highest BCUT2D eigenvalue weighted by atomic mass is 32.1. The largest absolute Gasteiger partial charge is 0.454 e. The van der Waals surface area contributed by atoms with Crippen LogP contribution in [0.15, 0.2) is 47.8 Å². The van der Waals surface area contributed by atoms with Crippen molar-refractivity contribution in [2.75, 3.05) is 17.0 Å². The molecular weight excluding hydrogens is 340 g/mol. The molecule has 0 radical (unpaired) electrons. The molecule has 2 aromatic carbocycles. The molecule has 0 aliphatic carbocycles. The highest BCUT2D eigenvalue weighted by Gasteiger charge is 2.36. The first-order chi connectivity index (χ1) is 12.3. The number of fused-ring (bicyclic) bond motifs is 2. The topological polar surface area (TPSA) is 76.6 Å². The molecule has 1 atom stereocenters. The molecule has 3 heterocycles. The Bertz CT molecular complexity index is 960. The number of carbonyl (C=O) groups is 1. The molecule has 0 unspecified atom stereocenters. The van der Waals surface area contributed by atoms with E-state index in [9.17, 15) is 4.79 Å². The number of rotatable bonds is 2. The lowest BCUT2D eigenvalue weighted by Crippen LogP contribution is -2.43. The van der Waals surface area contributed by atoms with Gasteiger partial charge in [-0.1, -0.05) is 16.6 Å². The summed E-state index contributed by atoms with van der Waals surface area (Å²) in [6.07, 6.45) is -0.443. The molecule has 124 valence electrons. The molecule has 2 aliphatic heterocycles. The fourth-order valence-electron chi connectivity index (χ4n) is 3.05. The molecular formula is C17H12N4O3S. The molecule has 1 aromatic heterocycles. The van der Waals surface area contributed by atoms with Crippen molar-refractivity contribution >= 4 is 28.8 Å². The van der Waals surface area contributed by atoms with Gasteiger partial charge in [0.15, 0.2) is 17.7 Å². The van der Waals surface area contributed by atoms with Crippen LogP contribution in [0, 0.1) is 0 Å². The third-order valence-corrected chi connectivity index (χ3v) is 4.74. The van der Waals surface area contributed by atoms with E-state index in [-0.39, 0.29) is 12.7 Å². The molecule has 2 aliphatic rings. The number of carbonyl (C=O) groups excluding carboxylic acids is 1. The number of hydrogen-bond donors (Lipinski definition) is 1. The van der Waals surface area contributed by atoms with Crippen molar-refractivity contribution in [1.82, 2.24) is 9.59 Å². The van der Waals surface area contributed by atoms with Crippen LogP contribution in [-0.2, 0) is 0 Å². The Balaban J connectivity index is 1.65. The Morgan fingerprint density at radius 2 is 2.04 bits per heavy atom. The molecule has 3 aromatic rings. The molecule has 25 heavy (non-hydrogen) atoms. The van der Waals surface area contributed by atoms with Gasteiger partial charge in [0, 0.05) is 17.1 Å². The van der Waals surface area contributed by atoms with Crippen LogP contribution in [0.2, 0.25) is 0 Å². The zero-order chi connectivity index (χ0) is 16.8. The van der Waals surface area contributed by atoms with Gasteiger partial charge in [0.2, 0.25) is 6.79 Å². The fourth-order valence-corrected chi connectivity index (χ4v) is 3.53. The average molecular weight is 352 g/mol. The van der Waals surface area contributed by atoms with E-state index in [2.05, 4.69) is 14.9 Å². The monoisotopic (exact) mass is 352 g/mol. The third-order valence-electron chi connectivity index (χ3n) is 4.22. The molecule has 1 N–H and O–H groups in total. The second-order valence-electron chi connectivity index (χ2n) is 5.63. The predicted octanol–water partition coefficient (Wildman–Crippen LogP) is 3.04. The second-order valence-corrected chi connectivity index (χ2v) is 6.24. The molecule has 0 spiro atoms. The number of anilines is 2. The summed E-state index contributed by atoms with van der Waals surface area (Å²) in [5, 5.41) is 9.37. The summed E-state index contributed by atoms with van der Waals surface area (Å²) in [6, 6.07) is 12.9. The molecule has 0 saturated carbocycles. The summed E-state index contributed by atoms with van der Waals surface area (Å²) in [5.41, 5.74) is 2.78. The summed E-state index contributed by atoms with van der Waals surface area (Å²) >= 11 is 1.25. The first kappa shape index (κ1) is 14.2. The lowest BCUT2D eigenvalue weighted by molar-refractivity contribution is 0.0974. The van der Waals surface area contributed by atoms with E-state index in [0.29, 0.717) is 28.4 Å². The van der Waals surface area contributed by atoms with Crippen LogP contribution < -0.4 is 19.7 Å². The Morgan fingerprint density at radius 1 is 1.16 bits per heavy atom. The van der Waals surface area contributed by atoms with Crippen LogP contribution in [0.3, 0.4) is 0 Å². The molecule has 0 fully saturated rings. The normalized spacial score (nSPS) is 18.0. The Hall–Kier alpha value is -3.13. The highest BCUT2D eigenvalue weighted by molar-refractivity contribution is 7.03. The maximum atomic E-state index is 13.2. The summed E-state index contributed by atoms with van der Waals surface area (Å²) in [7, 11) is 0. The van der Waals surface area contributed by atoms with Gasteiger partial charge in [-0.15, -0.1) is 5.10 Å². The van der Waals surface area contributed by atoms with Gasteiger partial charge in [0.25, 0.3) is 5.91 Å². The third kappa shape index (κ3) is 2.22. The van der Waals surface area contributed by atoms with Crippen molar-refractivity contribution < 1.29 is 14.3 Å². The summed E-state index contributed by atoms with van der Waals surface area (Å²) in [6.45, 7) is 0.188. The summed E-state index contributed by atoms with van der Waals surface area (Å²) in [4.78, 5) is 14.9. The molecule has 0 bridgehead atoms. The minimum atomic E-state index is -0.443. The van der Waals surface area contributed by atoms with E-state index in [4.69, 9.17) is 9.47 Å². The Kier molecular flexibility index (Phi) is 3.10. The van der Waals surface area contributed by atoms with E-state index in [0.717, 1.165) is 5.69 Å². The lowest BCUT2D eigenvalue weighted by Gasteiger charge is -2.36. The molecule has 1 amide bonds. The SMILES string of the molecule is O=C1c2ccccc2N[C@H](c2csnn2)N1c1ccc2c(c1)OCO2. The highest BCUT2D eigenvalue weighted by Crippen LogP contribution is 2.40. The summed E-state index contributed by atoms with van der Waals surface area (Å²) < 4.78 is 14.7. The maximum Gasteiger partial charge on any atom is 0.262 e. The minimum Gasteiger partial charge on any atom is -0.454 e. The van der Waals surface area contributed by atoms with Gasteiger partial charge in [0.1, 0.15) is 5.69 Å². The lowest BCUT2D eigenvalue weighted by atomic mass is 10.1. The number of amides is 1. The van der Waals surface area contributed by atoms with Crippen molar-refractivity contribution in [3.63, 3.8) is 0 Å². The van der Waals surface area contributed by atoms with E-state index >= 15 is 0 Å². The van der Waals surface area contributed by atoms with Gasteiger partial charge < -0.3 is 14.8 Å². The second kappa shape index (κ2) is 5.45. The van der Waals surface area contributed by atoms with Gasteiger partial charge >= 0.3 is 0 Å². The zero-order valence-corrected chi connectivity index (χ0v) is 13.7. The number of benzene rings is 2. The van der Waals surface area contributed by atoms with E-state index in [1.807, 2.05) is 41.8 Å². The quantitative estimate of drug-likeness (QED) is 0.764. The van der Waals surface area contributed by atoms with Gasteiger partial charge in [-0.2, -0.15) is 0 Å². The number of para-hydroxylation sites is 1. The van der Waals surface area contributed by atoms with Crippen molar-refractivity contribution in [3.05, 3.63) is 59.1 Å². The van der Waals surface area contributed by atoms with Crippen LogP contribution in [-0.4, -0.2) is 22.3 Å². The zero-order valence-electron chi connectivity index (χ0n) is 12.9. The maximum absolute atomic E-state index is 13.2. The number of nitrogens with zero attached hydrogens (tertiary/aromatic N) is 3. The molecule has 8 heteroatoms. The number of aromatic nitrogens is 2. The fraction of sp³-hybridized carbons (Fsp3) is 0.118. The number of ether oxygens (including phenoxy) is 2. The van der Waals surface area contributed by atoms with Crippen molar-refractivity contribution in [2.45, 2.75) is 6.17 Å². The van der Waals surface area contributed by atoms with Crippen molar-refractivity contribution in [2.24, 2.45) is 0 Å². The van der Waals surface area contributed by atoms with Gasteiger partial charge in [-0.25, -0.2) is 0 Å². The predicted molar refractivity (Wildman–Crippen MR) is 92.1 cm³/mol. The number of hydrogen-bond acceptors (Lipinski definition) is 7. The molecule has 7 nitrogen and oxygen atoms in total. The van der Waals surface area contributed by atoms with Gasteiger partial charge in [-0.05, 0) is 35.8 Å².